The van der Waals surface area contributed by atoms with E-state index in [0.29, 0.717) is 6.61 Å². The van der Waals surface area contributed by atoms with Crippen LogP contribution in [0.15, 0.2) is 24.3 Å². The van der Waals surface area contributed by atoms with Crippen LogP contribution in [0.2, 0.25) is 0 Å². The number of anilines is 1. The zero-order valence-corrected chi connectivity index (χ0v) is 14.8. The van der Waals surface area contributed by atoms with Crippen LogP contribution in [-0.2, 0) is 17.8 Å². The molecule has 2 aromatic rings. The normalized spacial score (nSPS) is 10.7. The highest BCUT2D eigenvalue weighted by molar-refractivity contribution is 14.1. The van der Waals surface area contributed by atoms with E-state index in [1.54, 1.807) is 7.11 Å². The van der Waals surface area contributed by atoms with Crippen LogP contribution in [0.1, 0.15) is 25.1 Å². The Kier molecular flexibility index (Phi) is 5.93. The molecule has 0 radical (unpaired) electrons. The number of nitrogens with one attached hydrogen (secondary N) is 1. The molecule has 4 nitrogen and oxygen atoms in total. The molecule has 1 N–H and O–H groups in total. The highest BCUT2D eigenvalue weighted by atomic mass is 127. The summed E-state index contributed by atoms with van der Waals surface area (Å²) in [6.45, 7) is 5.52. The Labute approximate surface area is 139 Å². The SMILES string of the molecule is CCNc1nc(-c2ccc(CC)cc2)nc(COC)c1I. The van der Waals surface area contributed by atoms with Crippen molar-refractivity contribution >= 4 is 28.4 Å². The van der Waals surface area contributed by atoms with Crippen LogP contribution in [0.25, 0.3) is 11.4 Å². The molecule has 5 heteroatoms. The maximum absolute atomic E-state index is 5.25. The first-order chi connectivity index (χ1) is 10.2. The minimum absolute atomic E-state index is 0.485. The fourth-order valence-corrected chi connectivity index (χ4v) is 2.62. The van der Waals surface area contributed by atoms with Gasteiger partial charge in [-0.05, 0) is 41.5 Å². The van der Waals surface area contributed by atoms with Gasteiger partial charge < -0.3 is 10.1 Å². The molecule has 0 amide bonds. The molecule has 0 fully saturated rings. The summed E-state index contributed by atoms with van der Waals surface area (Å²) in [7, 11) is 1.68. The third-order valence-corrected chi connectivity index (χ3v) is 4.30. The summed E-state index contributed by atoms with van der Waals surface area (Å²) in [5, 5.41) is 3.29. The van der Waals surface area contributed by atoms with Crippen molar-refractivity contribution in [2.75, 3.05) is 19.0 Å². The van der Waals surface area contributed by atoms with Gasteiger partial charge >= 0.3 is 0 Å². The molecule has 0 bridgehead atoms. The third kappa shape index (κ3) is 3.91. The number of aryl methyl sites for hydroxylation is 1. The van der Waals surface area contributed by atoms with Crippen LogP contribution in [0.3, 0.4) is 0 Å². The minimum Gasteiger partial charge on any atom is -0.378 e. The molecule has 0 unspecified atom stereocenters. The number of rotatable bonds is 6. The largest absolute Gasteiger partial charge is 0.378 e. The highest BCUT2D eigenvalue weighted by Gasteiger charge is 2.13. The van der Waals surface area contributed by atoms with Crippen molar-refractivity contribution in [3.8, 4) is 11.4 Å². The number of ether oxygens (including phenoxy) is 1. The van der Waals surface area contributed by atoms with Crippen LogP contribution in [0.4, 0.5) is 5.82 Å². The lowest BCUT2D eigenvalue weighted by Crippen LogP contribution is -2.08. The molecule has 0 saturated heterocycles. The Hall–Kier alpha value is -1.21. The Bertz CT molecular complexity index is 572. The number of nitrogens with zero attached hydrogens (tertiary/aromatic N) is 2. The highest BCUT2D eigenvalue weighted by Crippen LogP contribution is 2.24. The van der Waals surface area contributed by atoms with Gasteiger partial charge in [0.25, 0.3) is 0 Å². The van der Waals surface area contributed by atoms with Crippen LogP contribution >= 0.6 is 22.6 Å². The van der Waals surface area contributed by atoms with E-state index in [1.165, 1.54) is 5.56 Å². The number of aromatic nitrogens is 2. The molecule has 21 heavy (non-hydrogen) atoms. The van der Waals surface area contributed by atoms with E-state index in [2.05, 4.69) is 76.0 Å². The second-order valence-electron chi connectivity index (χ2n) is 4.67. The van der Waals surface area contributed by atoms with Gasteiger partial charge in [0.15, 0.2) is 5.82 Å². The fraction of sp³-hybridized carbons (Fsp3) is 0.375. The Morgan fingerprint density at radius 1 is 1.14 bits per heavy atom. The standard InChI is InChI=1S/C16H20IN3O/c1-4-11-6-8-12(9-7-11)15-19-13(10-21-3)14(17)16(20-15)18-5-2/h6-9H,4-5,10H2,1-3H3,(H,18,19,20). The molecule has 0 atom stereocenters. The van der Waals surface area contributed by atoms with Crippen LogP contribution in [0, 0.1) is 3.57 Å². The molecule has 0 saturated carbocycles. The predicted molar refractivity (Wildman–Crippen MR) is 94.4 cm³/mol. The quantitative estimate of drug-likeness (QED) is 0.752. The van der Waals surface area contributed by atoms with Crippen molar-refractivity contribution in [2.45, 2.75) is 26.9 Å². The number of hydrogen-bond acceptors (Lipinski definition) is 4. The lowest BCUT2D eigenvalue weighted by atomic mass is 10.1. The summed E-state index contributed by atoms with van der Waals surface area (Å²) in [5.41, 5.74) is 3.26. The van der Waals surface area contributed by atoms with Crippen molar-refractivity contribution in [2.24, 2.45) is 0 Å². The van der Waals surface area contributed by atoms with Crippen molar-refractivity contribution in [3.05, 3.63) is 39.1 Å². The van der Waals surface area contributed by atoms with Gasteiger partial charge in [-0.1, -0.05) is 31.2 Å². The topological polar surface area (TPSA) is 47.0 Å². The third-order valence-electron chi connectivity index (χ3n) is 3.17. The van der Waals surface area contributed by atoms with Gasteiger partial charge in [-0.15, -0.1) is 0 Å². The smallest absolute Gasteiger partial charge is 0.161 e. The molecule has 0 aliphatic heterocycles. The van der Waals surface area contributed by atoms with Crippen molar-refractivity contribution in [3.63, 3.8) is 0 Å². The Morgan fingerprint density at radius 3 is 2.43 bits per heavy atom. The molecule has 0 aliphatic carbocycles. The molecular weight excluding hydrogens is 377 g/mol. The molecule has 1 heterocycles. The summed E-state index contributed by atoms with van der Waals surface area (Å²) in [6.07, 6.45) is 1.03. The second kappa shape index (κ2) is 7.70. The number of methoxy groups -OCH3 is 1. The van der Waals surface area contributed by atoms with E-state index in [4.69, 9.17) is 4.74 Å². The Morgan fingerprint density at radius 2 is 1.86 bits per heavy atom. The van der Waals surface area contributed by atoms with Crippen LogP contribution in [0.5, 0.6) is 0 Å². The zero-order valence-electron chi connectivity index (χ0n) is 12.6. The number of halogens is 1. The van der Waals surface area contributed by atoms with E-state index >= 15 is 0 Å². The number of benzene rings is 1. The lowest BCUT2D eigenvalue weighted by molar-refractivity contribution is 0.181. The average molecular weight is 397 g/mol. The molecule has 112 valence electrons. The van der Waals surface area contributed by atoms with Crippen LogP contribution in [-0.4, -0.2) is 23.6 Å². The van der Waals surface area contributed by atoms with Crippen molar-refractivity contribution < 1.29 is 4.74 Å². The molecule has 1 aromatic heterocycles. The molecular formula is C16H20IN3O. The Balaban J connectivity index is 2.45. The summed E-state index contributed by atoms with van der Waals surface area (Å²) >= 11 is 2.27. The fourth-order valence-electron chi connectivity index (χ4n) is 2.03. The molecule has 0 aliphatic rings. The van der Waals surface area contributed by atoms with Gasteiger partial charge in [0.05, 0.1) is 15.9 Å². The maximum atomic E-state index is 5.25. The first-order valence-corrected chi connectivity index (χ1v) is 8.16. The molecule has 1 aromatic carbocycles. The average Bonchev–Trinajstić information content (AvgIpc) is 2.51. The summed E-state index contributed by atoms with van der Waals surface area (Å²) in [6, 6.07) is 8.40. The van der Waals surface area contributed by atoms with Crippen LogP contribution < -0.4 is 5.32 Å². The van der Waals surface area contributed by atoms with E-state index in [-0.39, 0.29) is 0 Å². The predicted octanol–water partition coefficient (Wildman–Crippen LogP) is 3.89. The van der Waals surface area contributed by atoms with E-state index in [0.717, 1.165) is 39.4 Å². The maximum Gasteiger partial charge on any atom is 0.161 e. The summed E-state index contributed by atoms with van der Waals surface area (Å²) in [5.74, 6) is 1.61. The van der Waals surface area contributed by atoms with Gasteiger partial charge in [0, 0.05) is 19.2 Å². The monoisotopic (exact) mass is 397 g/mol. The van der Waals surface area contributed by atoms with Gasteiger partial charge in [-0.2, -0.15) is 0 Å². The zero-order chi connectivity index (χ0) is 15.2. The number of hydrogen-bond donors (Lipinski definition) is 1. The second-order valence-corrected chi connectivity index (χ2v) is 5.75. The van der Waals surface area contributed by atoms with E-state index in [1.807, 2.05) is 0 Å². The lowest BCUT2D eigenvalue weighted by Gasteiger charge is -2.12. The van der Waals surface area contributed by atoms with Gasteiger partial charge in [-0.3, -0.25) is 0 Å². The molecule has 2 rings (SSSR count). The minimum atomic E-state index is 0.485. The van der Waals surface area contributed by atoms with Crippen molar-refractivity contribution in [1.29, 1.82) is 0 Å². The van der Waals surface area contributed by atoms with Gasteiger partial charge in [-0.25, -0.2) is 9.97 Å². The summed E-state index contributed by atoms with van der Waals surface area (Å²) < 4.78 is 6.27. The van der Waals surface area contributed by atoms with Gasteiger partial charge in [0.1, 0.15) is 5.82 Å². The first-order valence-electron chi connectivity index (χ1n) is 7.08. The first kappa shape index (κ1) is 16.2. The van der Waals surface area contributed by atoms with Gasteiger partial charge in [0.2, 0.25) is 0 Å². The summed E-state index contributed by atoms with van der Waals surface area (Å²) in [4.78, 5) is 9.29. The van der Waals surface area contributed by atoms with Crippen molar-refractivity contribution in [1.82, 2.24) is 9.97 Å². The molecule has 0 spiro atoms. The van der Waals surface area contributed by atoms with E-state index in [9.17, 15) is 0 Å². The van der Waals surface area contributed by atoms with E-state index < -0.39 is 0 Å².